The summed E-state index contributed by atoms with van der Waals surface area (Å²) in [6.07, 6.45) is 0.970. The zero-order valence-corrected chi connectivity index (χ0v) is 11.3. The molecule has 0 spiro atoms. The van der Waals surface area contributed by atoms with E-state index >= 15 is 0 Å². The molecule has 0 saturated carbocycles. The van der Waals surface area contributed by atoms with E-state index in [0.717, 1.165) is 6.42 Å². The molecule has 1 aromatic rings. The fraction of sp³-hybridized carbons (Fsp3) is 0.429. The van der Waals surface area contributed by atoms with Crippen LogP contribution < -0.4 is 15.4 Å². The molecule has 1 aliphatic rings. The Labute approximate surface area is 117 Å². The molecule has 3 N–H and O–H groups in total. The number of anilines is 1. The lowest BCUT2D eigenvalue weighted by molar-refractivity contribution is -0.118. The molecule has 0 aliphatic carbocycles. The molecule has 2 amide bonds. The Hall–Kier alpha value is -2.08. The second-order valence-electron chi connectivity index (χ2n) is 4.70. The molecule has 0 radical (unpaired) electrons. The van der Waals surface area contributed by atoms with Crippen molar-refractivity contribution < 1.29 is 19.4 Å². The van der Waals surface area contributed by atoms with Gasteiger partial charge < -0.3 is 20.5 Å². The molecule has 0 fully saturated rings. The third-order valence-electron chi connectivity index (χ3n) is 2.99. The molecule has 1 aliphatic heterocycles. The van der Waals surface area contributed by atoms with Gasteiger partial charge in [0.05, 0.1) is 11.8 Å². The lowest BCUT2D eigenvalue weighted by atomic mass is 10.1. The number of hydrogen-bond donors (Lipinski definition) is 3. The molecule has 0 saturated heterocycles. The zero-order valence-electron chi connectivity index (χ0n) is 11.3. The first-order valence-electron chi connectivity index (χ1n) is 6.63. The number of carbonyl (C=O) groups is 2. The summed E-state index contributed by atoms with van der Waals surface area (Å²) in [5.41, 5.74) is 0.904. The largest absolute Gasteiger partial charge is 0.482 e. The van der Waals surface area contributed by atoms with E-state index in [4.69, 9.17) is 4.74 Å². The maximum absolute atomic E-state index is 11.9. The molecule has 1 heterocycles. The van der Waals surface area contributed by atoms with E-state index in [1.807, 2.05) is 6.92 Å². The molecule has 6 nitrogen and oxygen atoms in total. The van der Waals surface area contributed by atoms with Crippen molar-refractivity contribution in [3.8, 4) is 5.75 Å². The molecule has 20 heavy (non-hydrogen) atoms. The third-order valence-corrected chi connectivity index (χ3v) is 2.99. The predicted molar refractivity (Wildman–Crippen MR) is 73.8 cm³/mol. The van der Waals surface area contributed by atoms with Gasteiger partial charge in [0.15, 0.2) is 6.61 Å². The number of fused-ring (bicyclic) bond motifs is 1. The van der Waals surface area contributed by atoms with Crippen LogP contribution in [0.4, 0.5) is 5.69 Å². The lowest BCUT2D eigenvalue weighted by Crippen LogP contribution is -2.32. The highest BCUT2D eigenvalue weighted by Gasteiger charge is 2.18. The van der Waals surface area contributed by atoms with E-state index < -0.39 is 6.10 Å². The van der Waals surface area contributed by atoms with Crippen LogP contribution in [-0.2, 0) is 4.79 Å². The molecule has 6 heteroatoms. The quantitative estimate of drug-likeness (QED) is 0.747. The van der Waals surface area contributed by atoms with Gasteiger partial charge in [0, 0.05) is 12.1 Å². The minimum Gasteiger partial charge on any atom is -0.482 e. The van der Waals surface area contributed by atoms with Crippen molar-refractivity contribution in [1.29, 1.82) is 0 Å². The van der Waals surface area contributed by atoms with Crippen LogP contribution in [0.25, 0.3) is 0 Å². The van der Waals surface area contributed by atoms with E-state index in [2.05, 4.69) is 10.6 Å². The van der Waals surface area contributed by atoms with Gasteiger partial charge in [-0.05, 0) is 24.6 Å². The SMILES string of the molecule is CCCC(O)CNC(=O)c1ccc2c(c1)NC(=O)CO2. The topological polar surface area (TPSA) is 87.7 Å². The highest BCUT2D eigenvalue weighted by Crippen LogP contribution is 2.28. The van der Waals surface area contributed by atoms with Crippen LogP contribution in [0, 0.1) is 0 Å². The minimum atomic E-state index is -0.537. The number of aliphatic hydroxyl groups excluding tert-OH is 1. The summed E-state index contributed by atoms with van der Waals surface area (Å²) in [5, 5.41) is 14.9. The van der Waals surface area contributed by atoms with Crippen molar-refractivity contribution in [2.24, 2.45) is 0 Å². The number of benzene rings is 1. The van der Waals surface area contributed by atoms with Gasteiger partial charge in [0.2, 0.25) is 0 Å². The van der Waals surface area contributed by atoms with Crippen molar-refractivity contribution in [3.05, 3.63) is 23.8 Å². The van der Waals surface area contributed by atoms with E-state index in [0.29, 0.717) is 23.4 Å². The van der Waals surface area contributed by atoms with Crippen molar-refractivity contribution in [2.45, 2.75) is 25.9 Å². The third kappa shape index (κ3) is 3.48. The Balaban J connectivity index is 2.00. The van der Waals surface area contributed by atoms with E-state index in [9.17, 15) is 14.7 Å². The number of ether oxygens (including phenoxy) is 1. The monoisotopic (exact) mass is 278 g/mol. The van der Waals surface area contributed by atoms with Crippen LogP contribution >= 0.6 is 0 Å². The Kier molecular flexibility index (Phi) is 4.57. The van der Waals surface area contributed by atoms with Crippen molar-refractivity contribution in [2.75, 3.05) is 18.5 Å². The van der Waals surface area contributed by atoms with Crippen LogP contribution in [0.2, 0.25) is 0 Å². The number of aliphatic hydroxyl groups is 1. The van der Waals surface area contributed by atoms with Gasteiger partial charge in [-0.25, -0.2) is 0 Å². The molecule has 108 valence electrons. The summed E-state index contributed by atoms with van der Waals surface area (Å²) in [6.45, 7) is 2.17. The average molecular weight is 278 g/mol. The Morgan fingerprint density at radius 2 is 2.35 bits per heavy atom. The molecule has 0 aromatic heterocycles. The van der Waals surface area contributed by atoms with E-state index in [1.54, 1.807) is 18.2 Å². The number of rotatable bonds is 5. The van der Waals surface area contributed by atoms with Crippen molar-refractivity contribution in [1.82, 2.24) is 5.32 Å². The van der Waals surface area contributed by atoms with Gasteiger partial charge in [-0.15, -0.1) is 0 Å². The molecule has 1 unspecified atom stereocenters. The average Bonchev–Trinajstić information content (AvgIpc) is 2.44. The first-order chi connectivity index (χ1) is 9.60. The van der Waals surface area contributed by atoms with Gasteiger partial charge in [-0.2, -0.15) is 0 Å². The first kappa shape index (κ1) is 14.3. The van der Waals surface area contributed by atoms with Gasteiger partial charge in [-0.3, -0.25) is 9.59 Å². The van der Waals surface area contributed by atoms with Gasteiger partial charge >= 0.3 is 0 Å². The Morgan fingerprint density at radius 3 is 3.10 bits per heavy atom. The summed E-state index contributed by atoms with van der Waals surface area (Å²) in [5.74, 6) is 0.0170. The molecule has 1 aromatic carbocycles. The minimum absolute atomic E-state index is 0.0121. The summed E-state index contributed by atoms with van der Waals surface area (Å²) in [7, 11) is 0. The van der Waals surface area contributed by atoms with Gasteiger partial charge in [0.25, 0.3) is 11.8 Å². The molecule has 1 atom stereocenters. The summed E-state index contributed by atoms with van der Waals surface area (Å²) in [4.78, 5) is 23.2. The fourth-order valence-corrected chi connectivity index (χ4v) is 1.97. The van der Waals surface area contributed by atoms with Crippen LogP contribution in [-0.4, -0.2) is 36.2 Å². The maximum atomic E-state index is 11.9. The number of amides is 2. The molecular formula is C14H18N2O4. The van der Waals surface area contributed by atoms with Gasteiger partial charge in [0.1, 0.15) is 5.75 Å². The van der Waals surface area contributed by atoms with Crippen LogP contribution in [0.3, 0.4) is 0 Å². The lowest BCUT2D eigenvalue weighted by Gasteiger charge is -2.18. The standard InChI is InChI=1S/C14H18N2O4/c1-2-3-10(17)7-15-14(19)9-4-5-12-11(6-9)16-13(18)8-20-12/h4-6,10,17H,2-3,7-8H2,1H3,(H,15,19)(H,16,18). The fourth-order valence-electron chi connectivity index (χ4n) is 1.97. The normalized spacial score (nSPS) is 14.8. The molecular weight excluding hydrogens is 260 g/mol. The van der Waals surface area contributed by atoms with E-state index in [1.165, 1.54) is 0 Å². The molecule has 0 bridgehead atoms. The van der Waals surface area contributed by atoms with Crippen molar-refractivity contribution in [3.63, 3.8) is 0 Å². The molecule has 2 rings (SSSR count). The van der Waals surface area contributed by atoms with Crippen LogP contribution in [0.1, 0.15) is 30.1 Å². The highest BCUT2D eigenvalue weighted by atomic mass is 16.5. The van der Waals surface area contributed by atoms with Crippen molar-refractivity contribution >= 4 is 17.5 Å². The summed E-state index contributed by atoms with van der Waals surface area (Å²) >= 11 is 0. The smallest absolute Gasteiger partial charge is 0.262 e. The number of carbonyl (C=O) groups excluding carboxylic acids is 2. The first-order valence-corrected chi connectivity index (χ1v) is 6.63. The number of hydrogen-bond acceptors (Lipinski definition) is 4. The second kappa shape index (κ2) is 6.38. The second-order valence-corrected chi connectivity index (χ2v) is 4.70. The summed E-state index contributed by atoms with van der Waals surface area (Å²) in [6, 6.07) is 4.83. The van der Waals surface area contributed by atoms with E-state index in [-0.39, 0.29) is 25.0 Å². The zero-order chi connectivity index (χ0) is 14.5. The Morgan fingerprint density at radius 1 is 1.55 bits per heavy atom. The van der Waals surface area contributed by atoms with Crippen LogP contribution in [0.5, 0.6) is 5.75 Å². The maximum Gasteiger partial charge on any atom is 0.262 e. The predicted octanol–water partition coefficient (Wildman–Crippen LogP) is 0.908. The Bertz CT molecular complexity index is 516. The van der Waals surface area contributed by atoms with Gasteiger partial charge in [-0.1, -0.05) is 13.3 Å². The highest BCUT2D eigenvalue weighted by molar-refractivity contribution is 5.99. The number of nitrogens with one attached hydrogen (secondary N) is 2. The van der Waals surface area contributed by atoms with Crippen LogP contribution in [0.15, 0.2) is 18.2 Å². The summed E-state index contributed by atoms with van der Waals surface area (Å²) < 4.78 is 5.22.